The Bertz CT molecular complexity index is 919. The summed E-state index contributed by atoms with van der Waals surface area (Å²) in [5, 5.41) is 2.60. The summed E-state index contributed by atoms with van der Waals surface area (Å²) in [7, 11) is 2.87. The number of benzene rings is 1. The number of ether oxygens (including phenoxy) is 3. The minimum absolute atomic E-state index is 0.00667. The topological polar surface area (TPSA) is 111 Å². The smallest absolute Gasteiger partial charge is 0.328 e. The zero-order valence-corrected chi connectivity index (χ0v) is 22.8. The normalized spacial score (nSPS) is 17.8. The molecular formula is C28H42N2O7. The van der Waals surface area contributed by atoms with E-state index in [2.05, 4.69) is 5.32 Å². The zero-order valence-electron chi connectivity index (χ0n) is 22.8. The lowest BCUT2D eigenvalue weighted by Gasteiger charge is -2.25. The van der Waals surface area contributed by atoms with Crippen molar-refractivity contribution in [2.45, 2.75) is 83.8 Å². The van der Waals surface area contributed by atoms with Crippen LogP contribution >= 0.6 is 0 Å². The number of carbonyl (C=O) groups excluding carboxylic acids is 4. The predicted molar refractivity (Wildman–Crippen MR) is 139 cm³/mol. The molecule has 1 heterocycles. The molecule has 1 aromatic rings. The summed E-state index contributed by atoms with van der Waals surface area (Å²) in [6.45, 7) is 6.15. The monoisotopic (exact) mass is 518 g/mol. The van der Waals surface area contributed by atoms with Gasteiger partial charge < -0.3 is 24.4 Å². The third-order valence-corrected chi connectivity index (χ3v) is 6.33. The van der Waals surface area contributed by atoms with E-state index in [1.165, 1.54) is 31.3 Å². The highest BCUT2D eigenvalue weighted by Gasteiger charge is 2.34. The maximum Gasteiger partial charge on any atom is 0.328 e. The number of nitrogens with one attached hydrogen (secondary N) is 1. The molecule has 1 saturated carbocycles. The first kappa shape index (κ1) is 30.1. The Morgan fingerprint density at radius 3 is 2.30 bits per heavy atom. The molecule has 1 aromatic carbocycles. The Hall–Kier alpha value is -3.10. The first-order chi connectivity index (χ1) is 17.5. The molecule has 1 unspecified atom stereocenters. The van der Waals surface area contributed by atoms with Crippen LogP contribution in [-0.4, -0.2) is 67.6 Å². The second kappa shape index (κ2) is 14.6. The number of carbonyl (C=O) groups is 4. The lowest BCUT2D eigenvalue weighted by molar-refractivity contribution is -0.161. The minimum atomic E-state index is -0.544. The second-order valence-corrected chi connectivity index (χ2v) is 10.4. The molecule has 2 amide bonds. The molecule has 0 aromatic heterocycles. The maximum absolute atomic E-state index is 12.2. The Kier molecular flexibility index (Phi) is 11.9. The van der Waals surface area contributed by atoms with Crippen LogP contribution < -0.4 is 10.1 Å². The number of hydrogen-bond donors (Lipinski definition) is 1. The maximum atomic E-state index is 12.2. The first-order valence-electron chi connectivity index (χ1n) is 13.0. The van der Waals surface area contributed by atoms with E-state index in [0.29, 0.717) is 18.7 Å². The van der Waals surface area contributed by atoms with Crippen molar-refractivity contribution in [1.29, 1.82) is 0 Å². The molecule has 2 fully saturated rings. The summed E-state index contributed by atoms with van der Waals surface area (Å²) in [6, 6.07) is 6.65. The van der Waals surface area contributed by atoms with Crippen LogP contribution in [0, 0.1) is 5.92 Å². The van der Waals surface area contributed by atoms with Gasteiger partial charge in [0.1, 0.15) is 17.4 Å². The molecule has 37 heavy (non-hydrogen) atoms. The van der Waals surface area contributed by atoms with Gasteiger partial charge in [0.15, 0.2) is 0 Å². The van der Waals surface area contributed by atoms with E-state index < -0.39 is 12.0 Å². The van der Waals surface area contributed by atoms with Gasteiger partial charge >= 0.3 is 11.9 Å². The lowest BCUT2D eigenvalue weighted by Crippen LogP contribution is -2.46. The minimum Gasteiger partial charge on any atom is -0.497 e. The molecule has 0 bridgehead atoms. The molecule has 1 aliphatic heterocycles. The van der Waals surface area contributed by atoms with Gasteiger partial charge in [-0.2, -0.15) is 0 Å². The van der Waals surface area contributed by atoms with E-state index in [-0.39, 0.29) is 42.3 Å². The predicted octanol–water partition coefficient (Wildman–Crippen LogP) is 3.43. The quantitative estimate of drug-likeness (QED) is 0.551. The lowest BCUT2D eigenvalue weighted by atomic mass is 9.89. The van der Waals surface area contributed by atoms with Crippen molar-refractivity contribution in [3.8, 4) is 5.75 Å². The van der Waals surface area contributed by atoms with Gasteiger partial charge in [0.05, 0.1) is 33.1 Å². The number of esters is 2. The summed E-state index contributed by atoms with van der Waals surface area (Å²) < 4.78 is 15.2. The van der Waals surface area contributed by atoms with Crippen molar-refractivity contribution in [3.63, 3.8) is 0 Å². The van der Waals surface area contributed by atoms with Crippen LogP contribution in [0.2, 0.25) is 0 Å². The zero-order chi connectivity index (χ0) is 27.4. The van der Waals surface area contributed by atoms with Crippen molar-refractivity contribution in [2.75, 3.05) is 27.3 Å². The van der Waals surface area contributed by atoms with Crippen LogP contribution in [0.5, 0.6) is 5.75 Å². The van der Waals surface area contributed by atoms with Crippen LogP contribution in [0.15, 0.2) is 24.3 Å². The first-order valence-corrected chi connectivity index (χ1v) is 13.0. The third kappa shape index (κ3) is 10.4. The molecule has 2 aliphatic rings. The average molecular weight is 519 g/mol. The van der Waals surface area contributed by atoms with Gasteiger partial charge in [0.25, 0.3) is 0 Å². The van der Waals surface area contributed by atoms with Crippen LogP contribution in [0.4, 0.5) is 0 Å². The van der Waals surface area contributed by atoms with Gasteiger partial charge in [-0.1, -0.05) is 31.4 Å². The van der Waals surface area contributed by atoms with Crippen molar-refractivity contribution < 1.29 is 33.4 Å². The highest BCUT2D eigenvalue weighted by Crippen LogP contribution is 2.26. The molecule has 9 heteroatoms. The molecule has 206 valence electrons. The van der Waals surface area contributed by atoms with Crippen molar-refractivity contribution in [1.82, 2.24) is 10.2 Å². The molecule has 9 nitrogen and oxygen atoms in total. The van der Waals surface area contributed by atoms with Gasteiger partial charge in [-0.15, -0.1) is 0 Å². The summed E-state index contributed by atoms with van der Waals surface area (Å²) in [4.78, 5) is 48.9. The van der Waals surface area contributed by atoms with Gasteiger partial charge in [0.2, 0.25) is 11.8 Å². The fourth-order valence-electron chi connectivity index (χ4n) is 4.48. The molecule has 0 radical (unpaired) electrons. The summed E-state index contributed by atoms with van der Waals surface area (Å²) in [5.41, 5.74) is 0.474. The van der Waals surface area contributed by atoms with Crippen molar-refractivity contribution in [2.24, 2.45) is 5.92 Å². The number of rotatable bonds is 7. The standard InChI is InChI=1S/C17H22N2O5.C11H20O2/c1-23-13-6-3-5-12(9-13)10-15(20)18-11-16(21)19-8-4-7-14(19)17(22)24-2;1-11(2,3)13-10(12)9-7-5-4-6-8-9/h3,5-6,9,14H,4,7-8,10-11H2,1-2H3,(H,18,20);9H,4-8H2,1-3H3. The third-order valence-electron chi connectivity index (χ3n) is 6.33. The Morgan fingerprint density at radius 1 is 0.973 bits per heavy atom. The molecule has 1 N–H and O–H groups in total. The fraction of sp³-hybridized carbons (Fsp3) is 0.643. The largest absolute Gasteiger partial charge is 0.497 e. The van der Waals surface area contributed by atoms with E-state index in [9.17, 15) is 19.2 Å². The molecule has 1 atom stereocenters. The van der Waals surface area contributed by atoms with E-state index in [0.717, 1.165) is 24.8 Å². The molecular weight excluding hydrogens is 476 g/mol. The highest BCUT2D eigenvalue weighted by molar-refractivity contribution is 5.89. The van der Waals surface area contributed by atoms with E-state index in [4.69, 9.17) is 14.2 Å². The van der Waals surface area contributed by atoms with Crippen LogP contribution in [-0.2, 0) is 35.1 Å². The summed E-state index contributed by atoms with van der Waals surface area (Å²) >= 11 is 0. The molecule has 0 spiro atoms. The number of methoxy groups -OCH3 is 2. The van der Waals surface area contributed by atoms with E-state index in [1.807, 2.05) is 26.8 Å². The van der Waals surface area contributed by atoms with Gasteiger partial charge in [-0.25, -0.2) is 4.79 Å². The molecule has 3 rings (SSSR count). The van der Waals surface area contributed by atoms with Crippen LogP contribution in [0.1, 0.15) is 71.3 Å². The molecule has 1 aliphatic carbocycles. The summed E-state index contributed by atoms with van der Waals surface area (Å²) in [5.74, 6) is -0.0922. The number of nitrogens with zero attached hydrogens (tertiary/aromatic N) is 1. The summed E-state index contributed by atoms with van der Waals surface area (Å²) in [6.07, 6.45) is 7.20. The highest BCUT2D eigenvalue weighted by atomic mass is 16.6. The van der Waals surface area contributed by atoms with Gasteiger partial charge in [-0.3, -0.25) is 14.4 Å². The van der Waals surface area contributed by atoms with Crippen LogP contribution in [0.25, 0.3) is 0 Å². The van der Waals surface area contributed by atoms with Gasteiger partial charge in [0, 0.05) is 6.54 Å². The van der Waals surface area contributed by atoms with Crippen LogP contribution in [0.3, 0.4) is 0 Å². The fourth-order valence-corrected chi connectivity index (χ4v) is 4.48. The second-order valence-electron chi connectivity index (χ2n) is 10.4. The number of hydrogen-bond acceptors (Lipinski definition) is 7. The number of amides is 2. The SMILES string of the molecule is CC(C)(C)OC(=O)C1CCCCC1.COC(=O)C1CCCN1C(=O)CNC(=O)Cc1cccc(OC)c1. The average Bonchev–Trinajstić information content (AvgIpc) is 3.37. The molecule has 1 saturated heterocycles. The van der Waals surface area contributed by atoms with Crippen molar-refractivity contribution >= 4 is 23.8 Å². The Balaban J connectivity index is 0.000000312. The Morgan fingerprint density at radius 2 is 1.68 bits per heavy atom. The van der Waals surface area contributed by atoms with E-state index >= 15 is 0 Å². The van der Waals surface area contributed by atoms with Crippen molar-refractivity contribution in [3.05, 3.63) is 29.8 Å². The van der Waals surface area contributed by atoms with Gasteiger partial charge in [-0.05, 0) is 64.2 Å². The van der Waals surface area contributed by atoms with E-state index in [1.54, 1.807) is 25.3 Å². The Labute approximate surface area is 220 Å². The number of likely N-dealkylation sites (tertiary alicyclic amines) is 1.